The molecular formula is C70H42N2O4. The van der Waals surface area contributed by atoms with Crippen LogP contribution in [-0.2, 0) is 0 Å². The summed E-state index contributed by atoms with van der Waals surface area (Å²) < 4.78 is 26.4. The van der Waals surface area contributed by atoms with Crippen molar-refractivity contribution < 1.29 is 17.7 Å². The van der Waals surface area contributed by atoms with E-state index in [4.69, 9.17) is 17.7 Å². The molecule has 0 aliphatic heterocycles. The Hall–Kier alpha value is -10.3. The number of furan rings is 4. The summed E-state index contributed by atoms with van der Waals surface area (Å²) in [5.41, 5.74) is 17.3. The summed E-state index contributed by atoms with van der Waals surface area (Å²) >= 11 is 0. The quantitative estimate of drug-likeness (QED) is 0.151. The molecule has 0 aliphatic carbocycles. The van der Waals surface area contributed by atoms with E-state index in [0.717, 1.165) is 155 Å². The molecule has 0 saturated heterocycles. The van der Waals surface area contributed by atoms with Gasteiger partial charge in [-0.15, -0.1) is 0 Å². The summed E-state index contributed by atoms with van der Waals surface area (Å²) in [5.74, 6) is 0. The van der Waals surface area contributed by atoms with Crippen molar-refractivity contribution in [2.24, 2.45) is 0 Å². The van der Waals surface area contributed by atoms with Crippen molar-refractivity contribution in [1.29, 1.82) is 0 Å². The van der Waals surface area contributed by atoms with Crippen LogP contribution in [-0.4, -0.2) is 0 Å². The van der Waals surface area contributed by atoms with Gasteiger partial charge in [0.05, 0.1) is 0 Å². The Morgan fingerprint density at radius 3 is 1.03 bits per heavy atom. The van der Waals surface area contributed by atoms with Gasteiger partial charge in [-0.3, -0.25) is 0 Å². The van der Waals surface area contributed by atoms with Crippen LogP contribution >= 0.6 is 0 Å². The van der Waals surface area contributed by atoms with Gasteiger partial charge in [0.25, 0.3) is 0 Å². The smallest absolute Gasteiger partial charge is 0.143 e. The van der Waals surface area contributed by atoms with Gasteiger partial charge >= 0.3 is 0 Å². The minimum absolute atomic E-state index is 0.816. The topological polar surface area (TPSA) is 59.0 Å². The molecular weight excluding hydrogens is 933 g/mol. The molecule has 0 saturated carbocycles. The highest BCUT2D eigenvalue weighted by molar-refractivity contribution is 6.28. The second-order valence-corrected chi connectivity index (χ2v) is 19.5. The lowest BCUT2D eigenvalue weighted by Crippen LogP contribution is -2.09. The summed E-state index contributed by atoms with van der Waals surface area (Å²) in [7, 11) is 0. The minimum Gasteiger partial charge on any atom is -0.456 e. The van der Waals surface area contributed by atoms with E-state index < -0.39 is 0 Å². The van der Waals surface area contributed by atoms with Crippen LogP contribution in [0.3, 0.4) is 0 Å². The summed E-state index contributed by atoms with van der Waals surface area (Å²) in [6, 6.07) is 89.4. The minimum atomic E-state index is 0.816. The Morgan fingerprint density at radius 2 is 0.579 bits per heavy atom. The first-order valence-electron chi connectivity index (χ1n) is 25.6. The lowest BCUT2D eigenvalue weighted by molar-refractivity contribution is 0.668. The third-order valence-corrected chi connectivity index (χ3v) is 15.3. The standard InChI is InChI=1S/C70H42N2O4/c1-3-13-45(14-4-1)71(47-29-25-43(26-30-47)51-19-11-21-57-53-17-7-9-23-61(53)75-69(51)57)49-33-35-59-65(41-49)73-63-39-37-56-55(67(59)63)38-40-64-68(56)60-36-34-50(42-66(60)74-64)72(46-15-5-2-6-16-46)48-31-27-44(28-32-48)52-20-12-22-58-54-18-8-10-24-62(54)76-70(52)58/h1-42H. The monoisotopic (exact) mass is 974 g/mol. The summed E-state index contributed by atoms with van der Waals surface area (Å²) in [6.45, 7) is 0. The number of fused-ring (bicyclic) bond motifs is 15. The van der Waals surface area contributed by atoms with Crippen molar-refractivity contribution in [3.8, 4) is 22.3 Å². The van der Waals surface area contributed by atoms with E-state index in [1.807, 2.05) is 24.3 Å². The lowest BCUT2D eigenvalue weighted by atomic mass is 9.99. The van der Waals surface area contributed by atoms with E-state index >= 15 is 0 Å². The van der Waals surface area contributed by atoms with Crippen LogP contribution < -0.4 is 9.80 Å². The van der Waals surface area contributed by atoms with E-state index in [-0.39, 0.29) is 0 Å². The Morgan fingerprint density at radius 1 is 0.211 bits per heavy atom. The molecule has 0 bridgehead atoms. The number of hydrogen-bond donors (Lipinski definition) is 0. The summed E-state index contributed by atoms with van der Waals surface area (Å²) in [6.07, 6.45) is 0. The molecule has 0 spiro atoms. The highest BCUT2D eigenvalue weighted by atomic mass is 16.3. The van der Waals surface area contributed by atoms with E-state index in [1.165, 1.54) is 0 Å². The van der Waals surface area contributed by atoms with Gasteiger partial charge < -0.3 is 27.5 Å². The molecule has 0 amide bonds. The summed E-state index contributed by atoms with van der Waals surface area (Å²) in [5, 5.41) is 11.0. The zero-order valence-electron chi connectivity index (χ0n) is 40.8. The average molecular weight is 975 g/mol. The number of benzene rings is 12. The Labute approximate surface area is 435 Å². The van der Waals surface area contributed by atoms with Crippen LogP contribution in [0.15, 0.2) is 272 Å². The molecule has 76 heavy (non-hydrogen) atoms. The molecule has 0 N–H and O–H groups in total. The highest BCUT2D eigenvalue weighted by Gasteiger charge is 2.22. The zero-order chi connectivity index (χ0) is 49.8. The molecule has 16 aromatic rings. The number of hydrogen-bond acceptors (Lipinski definition) is 6. The van der Waals surface area contributed by atoms with Crippen LogP contribution in [0.2, 0.25) is 0 Å². The van der Waals surface area contributed by atoms with E-state index in [2.05, 4.69) is 240 Å². The molecule has 4 aromatic heterocycles. The summed E-state index contributed by atoms with van der Waals surface area (Å²) in [4.78, 5) is 4.56. The molecule has 0 radical (unpaired) electrons. The average Bonchev–Trinajstić information content (AvgIpc) is 4.35. The van der Waals surface area contributed by atoms with Crippen molar-refractivity contribution in [1.82, 2.24) is 0 Å². The predicted molar refractivity (Wildman–Crippen MR) is 313 cm³/mol. The second-order valence-electron chi connectivity index (χ2n) is 19.5. The number of nitrogens with zero attached hydrogens (tertiary/aromatic N) is 2. The van der Waals surface area contributed by atoms with E-state index in [0.29, 0.717) is 0 Å². The van der Waals surface area contributed by atoms with Crippen molar-refractivity contribution in [3.05, 3.63) is 255 Å². The van der Waals surface area contributed by atoms with Crippen LogP contribution in [0.25, 0.3) is 121 Å². The normalized spacial score (nSPS) is 11.9. The van der Waals surface area contributed by atoms with Gasteiger partial charge in [0.15, 0.2) is 0 Å². The maximum Gasteiger partial charge on any atom is 0.143 e. The van der Waals surface area contributed by atoms with Gasteiger partial charge in [-0.1, -0.05) is 133 Å². The van der Waals surface area contributed by atoms with Crippen molar-refractivity contribution >= 4 is 133 Å². The van der Waals surface area contributed by atoms with Crippen LogP contribution in [0, 0.1) is 0 Å². The van der Waals surface area contributed by atoms with Gasteiger partial charge in [0, 0.05) is 100 Å². The molecule has 16 rings (SSSR count). The first kappa shape index (κ1) is 42.2. The van der Waals surface area contributed by atoms with Crippen LogP contribution in [0.1, 0.15) is 0 Å². The predicted octanol–water partition coefficient (Wildman–Crippen LogP) is 20.7. The maximum atomic E-state index is 6.77. The molecule has 0 atom stereocenters. The lowest BCUT2D eigenvalue weighted by Gasteiger charge is -2.25. The molecule has 0 fully saturated rings. The SMILES string of the molecule is c1ccc(N(c2ccc(-c3cccc4c3oc3ccccc34)cc2)c2ccc3c(c2)oc2ccc4c(ccc5oc6cc(N(c7ccccc7)c7ccc(-c8cccc9c8oc8ccccc89)cc7)ccc6c54)c23)cc1. The molecule has 356 valence electrons. The van der Waals surface area contributed by atoms with Gasteiger partial charge in [-0.25, -0.2) is 0 Å². The third-order valence-electron chi connectivity index (χ3n) is 15.3. The number of anilines is 6. The molecule has 0 aliphatic rings. The molecule has 12 aromatic carbocycles. The second kappa shape index (κ2) is 16.6. The van der Waals surface area contributed by atoms with Gasteiger partial charge in [-0.05, 0) is 131 Å². The third kappa shape index (κ3) is 6.54. The first-order chi connectivity index (χ1) is 37.7. The first-order valence-corrected chi connectivity index (χ1v) is 25.6. The fraction of sp³-hybridized carbons (Fsp3) is 0. The molecule has 6 nitrogen and oxygen atoms in total. The van der Waals surface area contributed by atoms with Gasteiger partial charge in [-0.2, -0.15) is 0 Å². The Balaban J connectivity index is 0.762. The van der Waals surface area contributed by atoms with Crippen molar-refractivity contribution in [2.75, 3.05) is 9.80 Å². The maximum absolute atomic E-state index is 6.77. The van der Waals surface area contributed by atoms with Crippen molar-refractivity contribution in [2.45, 2.75) is 0 Å². The fourth-order valence-electron chi connectivity index (χ4n) is 11.8. The molecule has 6 heteroatoms. The fourth-order valence-corrected chi connectivity index (χ4v) is 11.8. The van der Waals surface area contributed by atoms with Crippen LogP contribution in [0.5, 0.6) is 0 Å². The zero-order valence-corrected chi connectivity index (χ0v) is 40.8. The number of para-hydroxylation sites is 6. The Kier molecular flexibility index (Phi) is 9.23. The van der Waals surface area contributed by atoms with Crippen LogP contribution in [0.4, 0.5) is 34.1 Å². The van der Waals surface area contributed by atoms with Gasteiger partial charge in [0.1, 0.15) is 44.7 Å². The molecule has 0 unspecified atom stereocenters. The number of rotatable bonds is 8. The van der Waals surface area contributed by atoms with E-state index in [9.17, 15) is 0 Å². The van der Waals surface area contributed by atoms with Gasteiger partial charge in [0.2, 0.25) is 0 Å². The van der Waals surface area contributed by atoms with E-state index in [1.54, 1.807) is 0 Å². The molecule has 4 heterocycles. The van der Waals surface area contributed by atoms with Crippen molar-refractivity contribution in [3.63, 3.8) is 0 Å². The Bertz CT molecular complexity index is 4620. The highest BCUT2D eigenvalue weighted by Crippen LogP contribution is 2.46. The largest absolute Gasteiger partial charge is 0.456 e.